The molecule has 1 aliphatic carbocycles. The van der Waals surface area contributed by atoms with Crippen molar-refractivity contribution >= 4 is 0 Å². The molecule has 4 nitrogen and oxygen atoms in total. The first-order valence-electron chi connectivity index (χ1n) is 6.69. The maximum absolute atomic E-state index is 8.90. The van der Waals surface area contributed by atoms with E-state index in [0.29, 0.717) is 11.3 Å². The minimum absolute atomic E-state index is 0.569. The average Bonchev–Trinajstić information content (AvgIpc) is 3.26. The number of benzene rings is 1. The molecule has 0 spiro atoms. The van der Waals surface area contributed by atoms with Crippen molar-refractivity contribution in [1.29, 1.82) is 5.26 Å². The van der Waals surface area contributed by atoms with Gasteiger partial charge in [0.15, 0.2) is 0 Å². The highest BCUT2D eigenvalue weighted by Gasteiger charge is 2.20. The van der Waals surface area contributed by atoms with E-state index in [1.807, 2.05) is 12.1 Å². The molecule has 0 amide bonds. The van der Waals surface area contributed by atoms with E-state index in [4.69, 9.17) is 14.7 Å². The van der Waals surface area contributed by atoms with Crippen LogP contribution in [0.5, 0.6) is 5.75 Å². The van der Waals surface area contributed by atoms with Crippen LogP contribution in [0.3, 0.4) is 0 Å². The third kappa shape index (κ3) is 4.55. The van der Waals surface area contributed by atoms with E-state index in [-0.39, 0.29) is 0 Å². The van der Waals surface area contributed by atoms with Crippen molar-refractivity contribution in [1.82, 2.24) is 5.32 Å². The zero-order valence-corrected chi connectivity index (χ0v) is 11.3. The van der Waals surface area contributed by atoms with Gasteiger partial charge in [0, 0.05) is 19.7 Å². The largest absolute Gasteiger partial charge is 0.495 e. The van der Waals surface area contributed by atoms with Gasteiger partial charge in [-0.3, -0.25) is 0 Å². The monoisotopic (exact) mass is 260 g/mol. The molecule has 1 aromatic carbocycles. The lowest BCUT2D eigenvalue weighted by Crippen LogP contribution is -2.19. The van der Waals surface area contributed by atoms with Gasteiger partial charge in [-0.25, -0.2) is 0 Å². The van der Waals surface area contributed by atoms with Crippen LogP contribution in [0.15, 0.2) is 18.2 Å². The predicted molar refractivity (Wildman–Crippen MR) is 73.0 cm³/mol. The third-order valence-electron chi connectivity index (χ3n) is 3.19. The molecular weight excluding hydrogens is 240 g/mol. The highest BCUT2D eigenvalue weighted by molar-refractivity contribution is 5.45. The first-order valence-corrected chi connectivity index (χ1v) is 6.69. The number of nitriles is 1. The summed E-state index contributed by atoms with van der Waals surface area (Å²) in [7, 11) is 1.58. The molecule has 0 aliphatic heterocycles. The molecule has 0 bridgehead atoms. The van der Waals surface area contributed by atoms with Crippen LogP contribution in [0.4, 0.5) is 0 Å². The highest BCUT2D eigenvalue weighted by Crippen LogP contribution is 2.28. The fourth-order valence-electron chi connectivity index (χ4n) is 1.85. The van der Waals surface area contributed by atoms with E-state index < -0.39 is 0 Å². The summed E-state index contributed by atoms with van der Waals surface area (Å²) in [5, 5.41) is 12.2. The number of ether oxygens (including phenoxy) is 2. The normalized spacial score (nSPS) is 14.1. The van der Waals surface area contributed by atoms with Crippen molar-refractivity contribution in [3.05, 3.63) is 29.3 Å². The van der Waals surface area contributed by atoms with Crippen molar-refractivity contribution in [2.24, 2.45) is 5.92 Å². The van der Waals surface area contributed by atoms with Crippen molar-refractivity contribution in [3.8, 4) is 11.8 Å². The van der Waals surface area contributed by atoms with Gasteiger partial charge >= 0.3 is 0 Å². The Morgan fingerprint density at radius 2 is 2.26 bits per heavy atom. The molecule has 0 radical (unpaired) electrons. The van der Waals surface area contributed by atoms with Gasteiger partial charge in [0.05, 0.1) is 19.3 Å². The third-order valence-corrected chi connectivity index (χ3v) is 3.19. The molecule has 0 heterocycles. The average molecular weight is 260 g/mol. The van der Waals surface area contributed by atoms with Gasteiger partial charge in [-0.1, -0.05) is 6.07 Å². The first kappa shape index (κ1) is 13.9. The molecule has 0 atom stereocenters. The summed E-state index contributed by atoms with van der Waals surface area (Å²) in [6.07, 6.45) is 2.66. The molecule has 2 rings (SSSR count). The molecule has 4 heteroatoms. The Hall–Kier alpha value is -1.57. The quantitative estimate of drug-likeness (QED) is 0.727. The standard InChI is InChI=1S/C15H20N2O2/c1-18-15-8-13(4-5-14(15)9-16)10-17-6-7-19-11-12-2-3-12/h4-5,8,12,17H,2-3,6-7,10-11H2,1H3. The summed E-state index contributed by atoms with van der Waals surface area (Å²) in [5.74, 6) is 1.45. The Labute approximate surface area is 114 Å². The predicted octanol–water partition coefficient (Wildman–Crippen LogP) is 2.08. The van der Waals surface area contributed by atoms with E-state index in [1.54, 1.807) is 13.2 Å². The minimum atomic E-state index is 0.569. The molecule has 0 aromatic heterocycles. The summed E-state index contributed by atoms with van der Waals surface area (Å²) < 4.78 is 10.7. The van der Waals surface area contributed by atoms with Crippen LogP contribution in [0.1, 0.15) is 24.0 Å². The van der Waals surface area contributed by atoms with Crippen molar-refractivity contribution in [3.63, 3.8) is 0 Å². The molecule has 1 N–H and O–H groups in total. The Balaban J connectivity index is 1.68. The minimum Gasteiger partial charge on any atom is -0.495 e. The molecule has 19 heavy (non-hydrogen) atoms. The summed E-state index contributed by atoms with van der Waals surface area (Å²) in [5.41, 5.74) is 1.68. The van der Waals surface area contributed by atoms with Crippen LogP contribution in [0.2, 0.25) is 0 Å². The zero-order valence-electron chi connectivity index (χ0n) is 11.3. The SMILES string of the molecule is COc1cc(CNCCOCC2CC2)ccc1C#N. The zero-order chi connectivity index (χ0) is 13.5. The Morgan fingerprint density at radius 1 is 1.42 bits per heavy atom. The first-order chi connectivity index (χ1) is 9.33. The number of nitrogens with zero attached hydrogens (tertiary/aromatic N) is 1. The topological polar surface area (TPSA) is 54.3 Å². The number of nitrogens with one attached hydrogen (secondary N) is 1. The van der Waals surface area contributed by atoms with E-state index in [2.05, 4.69) is 11.4 Å². The molecule has 0 unspecified atom stereocenters. The fraction of sp³-hybridized carbons (Fsp3) is 0.533. The Bertz CT molecular complexity index is 450. The summed E-state index contributed by atoms with van der Waals surface area (Å²) in [6, 6.07) is 7.74. The molecule has 102 valence electrons. The van der Waals surface area contributed by atoms with Crippen LogP contribution in [-0.2, 0) is 11.3 Å². The highest BCUT2D eigenvalue weighted by atomic mass is 16.5. The molecule has 1 fully saturated rings. The second-order valence-corrected chi connectivity index (χ2v) is 4.84. The van der Waals surface area contributed by atoms with Gasteiger partial charge in [-0.15, -0.1) is 0 Å². The van der Waals surface area contributed by atoms with Crippen LogP contribution in [0.25, 0.3) is 0 Å². The number of methoxy groups -OCH3 is 1. The van der Waals surface area contributed by atoms with E-state index in [1.165, 1.54) is 12.8 Å². The van der Waals surface area contributed by atoms with E-state index in [0.717, 1.165) is 37.8 Å². The van der Waals surface area contributed by atoms with Gasteiger partial charge in [0.1, 0.15) is 11.8 Å². The van der Waals surface area contributed by atoms with E-state index >= 15 is 0 Å². The second kappa shape index (κ2) is 7.13. The van der Waals surface area contributed by atoms with Gasteiger partial charge < -0.3 is 14.8 Å². The van der Waals surface area contributed by atoms with E-state index in [9.17, 15) is 0 Å². The molecular formula is C15H20N2O2. The smallest absolute Gasteiger partial charge is 0.136 e. The van der Waals surface area contributed by atoms with Gasteiger partial charge in [0.2, 0.25) is 0 Å². The summed E-state index contributed by atoms with van der Waals surface area (Å²) in [6.45, 7) is 3.26. The van der Waals surface area contributed by atoms with Crippen LogP contribution < -0.4 is 10.1 Å². The fourth-order valence-corrected chi connectivity index (χ4v) is 1.85. The number of hydrogen-bond donors (Lipinski definition) is 1. The van der Waals surface area contributed by atoms with Crippen molar-refractivity contribution in [2.75, 3.05) is 26.9 Å². The molecule has 0 saturated heterocycles. The molecule has 1 aliphatic rings. The van der Waals surface area contributed by atoms with Gasteiger partial charge in [-0.05, 0) is 36.5 Å². The van der Waals surface area contributed by atoms with Crippen molar-refractivity contribution < 1.29 is 9.47 Å². The molecule has 1 saturated carbocycles. The lowest BCUT2D eigenvalue weighted by molar-refractivity contribution is 0.126. The van der Waals surface area contributed by atoms with Crippen LogP contribution in [0, 0.1) is 17.2 Å². The van der Waals surface area contributed by atoms with Gasteiger partial charge in [0.25, 0.3) is 0 Å². The Kier molecular flexibility index (Phi) is 5.20. The second-order valence-electron chi connectivity index (χ2n) is 4.84. The Morgan fingerprint density at radius 3 is 2.95 bits per heavy atom. The van der Waals surface area contributed by atoms with Crippen LogP contribution >= 0.6 is 0 Å². The summed E-state index contributed by atoms with van der Waals surface area (Å²) in [4.78, 5) is 0. The number of hydrogen-bond acceptors (Lipinski definition) is 4. The lowest BCUT2D eigenvalue weighted by atomic mass is 10.1. The van der Waals surface area contributed by atoms with Gasteiger partial charge in [-0.2, -0.15) is 5.26 Å². The number of rotatable bonds is 8. The summed E-state index contributed by atoms with van der Waals surface area (Å²) >= 11 is 0. The maximum atomic E-state index is 8.90. The van der Waals surface area contributed by atoms with Crippen LogP contribution in [-0.4, -0.2) is 26.9 Å². The lowest BCUT2D eigenvalue weighted by Gasteiger charge is -2.08. The molecule has 1 aromatic rings. The van der Waals surface area contributed by atoms with Crippen molar-refractivity contribution in [2.45, 2.75) is 19.4 Å². The maximum Gasteiger partial charge on any atom is 0.136 e.